The second-order valence-corrected chi connectivity index (χ2v) is 10.6. The van der Waals surface area contributed by atoms with E-state index < -0.39 is 0 Å². The number of benzene rings is 4. The zero-order valence-corrected chi connectivity index (χ0v) is 24.0. The van der Waals surface area contributed by atoms with Crippen molar-refractivity contribution in [3.63, 3.8) is 0 Å². The molecule has 4 aliphatic rings. The summed E-state index contributed by atoms with van der Waals surface area (Å²) in [5.41, 5.74) is 11.8. The third-order valence-corrected chi connectivity index (χ3v) is 7.75. The highest BCUT2D eigenvalue weighted by molar-refractivity contribution is 5.83. The van der Waals surface area contributed by atoms with Crippen LogP contribution in [0.5, 0.6) is 0 Å². The average molecular weight is 533 g/mol. The first kappa shape index (κ1) is 28.1. The topological polar surface area (TPSA) is 0 Å². The minimum absolute atomic E-state index is 1.19. The normalized spacial score (nSPS) is 15.6. The molecular formula is C41H40. The molecule has 0 unspecified atom stereocenters. The largest absolute Gasteiger partial charge is 0.0839 e. The van der Waals surface area contributed by atoms with Gasteiger partial charge in [-0.05, 0) is 83.9 Å². The number of rotatable bonds is 1. The minimum atomic E-state index is 1.19. The molecule has 0 saturated heterocycles. The van der Waals surface area contributed by atoms with Crippen molar-refractivity contribution in [2.24, 2.45) is 0 Å². The zero-order chi connectivity index (χ0) is 28.0. The van der Waals surface area contributed by atoms with E-state index in [2.05, 4.69) is 109 Å². The third kappa shape index (κ3) is 8.29. The molecule has 0 heteroatoms. The van der Waals surface area contributed by atoms with Crippen molar-refractivity contribution in [2.75, 3.05) is 0 Å². The Balaban J connectivity index is 0.000000113. The van der Waals surface area contributed by atoms with E-state index in [9.17, 15) is 0 Å². The van der Waals surface area contributed by atoms with Crippen LogP contribution in [-0.2, 0) is 6.42 Å². The molecule has 4 aromatic rings. The molecule has 0 N–H and O–H groups in total. The smallest absolute Gasteiger partial charge is 0.00516 e. The molecule has 0 spiro atoms. The first-order valence-corrected chi connectivity index (χ1v) is 15.0. The summed E-state index contributed by atoms with van der Waals surface area (Å²) in [6, 6.07) is 41.6. The summed E-state index contributed by atoms with van der Waals surface area (Å²) in [7, 11) is 0. The molecule has 41 heavy (non-hydrogen) atoms. The quantitative estimate of drug-likeness (QED) is 0.229. The molecule has 4 aromatic carbocycles. The van der Waals surface area contributed by atoms with E-state index in [0.717, 1.165) is 0 Å². The highest BCUT2D eigenvalue weighted by Gasteiger charge is 2.19. The van der Waals surface area contributed by atoms with Gasteiger partial charge in [-0.25, -0.2) is 0 Å². The lowest BCUT2D eigenvalue weighted by Gasteiger charge is -2.15. The fourth-order valence-corrected chi connectivity index (χ4v) is 5.62. The van der Waals surface area contributed by atoms with Crippen LogP contribution < -0.4 is 0 Å². The van der Waals surface area contributed by atoms with Crippen molar-refractivity contribution < 1.29 is 0 Å². The second-order valence-electron chi connectivity index (χ2n) is 10.6. The molecule has 0 saturated carbocycles. The molecule has 0 aromatic heterocycles. The van der Waals surface area contributed by atoms with Crippen molar-refractivity contribution >= 4 is 5.57 Å². The van der Waals surface area contributed by atoms with E-state index in [1.54, 1.807) is 16.7 Å². The van der Waals surface area contributed by atoms with Crippen molar-refractivity contribution in [3.8, 4) is 11.1 Å². The Morgan fingerprint density at radius 1 is 0.390 bits per heavy atom. The zero-order valence-electron chi connectivity index (χ0n) is 24.0. The number of fused-ring (bicyclic) bond motifs is 2. The lowest BCUT2D eigenvalue weighted by molar-refractivity contribution is 0.885. The Hall–Kier alpha value is -4.42. The van der Waals surface area contributed by atoms with Crippen LogP contribution in [0.3, 0.4) is 0 Å². The summed E-state index contributed by atoms with van der Waals surface area (Å²) in [6.07, 6.45) is 22.5. The van der Waals surface area contributed by atoms with Gasteiger partial charge < -0.3 is 0 Å². The highest BCUT2D eigenvalue weighted by Crippen LogP contribution is 2.38. The number of hydrogen-bond acceptors (Lipinski definition) is 0. The predicted molar refractivity (Wildman–Crippen MR) is 178 cm³/mol. The van der Waals surface area contributed by atoms with Crippen molar-refractivity contribution in [2.45, 2.75) is 44.9 Å². The van der Waals surface area contributed by atoms with Gasteiger partial charge >= 0.3 is 0 Å². The molecule has 0 amide bonds. The van der Waals surface area contributed by atoms with Gasteiger partial charge in [0.05, 0.1) is 0 Å². The molecule has 8 rings (SSSR count). The summed E-state index contributed by atoms with van der Waals surface area (Å²) in [6.45, 7) is 0. The van der Waals surface area contributed by atoms with Crippen LogP contribution in [0.15, 0.2) is 175 Å². The van der Waals surface area contributed by atoms with Gasteiger partial charge in [0.15, 0.2) is 0 Å². The fourth-order valence-electron chi connectivity index (χ4n) is 5.62. The van der Waals surface area contributed by atoms with Crippen LogP contribution in [-0.4, -0.2) is 0 Å². The fraction of sp³-hybridized carbons (Fsp3) is 0.171. The summed E-state index contributed by atoms with van der Waals surface area (Å²) in [5.74, 6) is 0. The summed E-state index contributed by atoms with van der Waals surface area (Å²) >= 11 is 0. The maximum atomic E-state index is 2.30. The van der Waals surface area contributed by atoms with Gasteiger partial charge in [-0.3, -0.25) is 0 Å². The second kappa shape index (κ2) is 15.4. The van der Waals surface area contributed by atoms with E-state index in [0.29, 0.717) is 0 Å². The summed E-state index contributed by atoms with van der Waals surface area (Å²) in [4.78, 5) is 0. The van der Waals surface area contributed by atoms with E-state index in [-0.39, 0.29) is 0 Å². The van der Waals surface area contributed by atoms with Crippen molar-refractivity contribution in [3.05, 3.63) is 186 Å². The predicted octanol–water partition coefficient (Wildman–Crippen LogP) is 11.4. The third-order valence-electron chi connectivity index (χ3n) is 7.75. The van der Waals surface area contributed by atoms with Gasteiger partial charge in [0, 0.05) is 0 Å². The molecule has 0 aliphatic heterocycles. The molecule has 0 fully saturated rings. The Bertz CT molecular complexity index is 1420. The lowest BCUT2D eigenvalue weighted by atomic mass is 9.91. The van der Waals surface area contributed by atoms with Gasteiger partial charge in [-0.1, -0.05) is 163 Å². The molecule has 0 bridgehead atoms. The Morgan fingerprint density at radius 2 is 0.829 bits per heavy atom. The maximum absolute atomic E-state index is 2.30. The molecular weight excluding hydrogens is 492 g/mol. The molecule has 4 aliphatic carbocycles. The Labute approximate surface area is 246 Å². The van der Waals surface area contributed by atoms with Crippen molar-refractivity contribution in [1.29, 1.82) is 0 Å². The van der Waals surface area contributed by atoms with E-state index >= 15 is 0 Å². The molecule has 0 heterocycles. The standard InChI is InChI=1S/C13H12.C12H10.C10H12.C6H6/c1-3-7-12-10(5-1)9-11-6-2-4-8-13(11)12;1-3-7-11(8-4-1)12-9-5-2-6-10-12;1-2-6-10-8-4-3-7-9(10)5-1;1-2-4-6-5-3-1/h1,3-5,7-8H,2,6,9H2;1-10H;1,4-5,8H,2-3,6-7H2;1-6H. The van der Waals surface area contributed by atoms with Gasteiger partial charge in [0.1, 0.15) is 0 Å². The maximum Gasteiger partial charge on any atom is -0.00516 e. The summed E-state index contributed by atoms with van der Waals surface area (Å²) < 4.78 is 0. The van der Waals surface area contributed by atoms with Gasteiger partial charge in [0.2, 0.25) is 0 Å². The summed E-state index contributed by atoms with van der Waals surface area (Å²) in [5, 5.41) is 0. The first-order chi connectivity index (χ1) is 20.4. The molecule has 0 radical (unpaired) electrons. The van der Waals surface area contributed by atoms with Gasteiger partial charge in [-0.2, -0.15) is 0 Å². The van der Waals surface area contributed by atoms with Gasteiger partial charge in [-0.15, -0.1) is 0 Å². The average Bonchev–Trinajstić information content (AvgIpc) is 3.46. The van der Waals surface area contributed by atoms with Crippen LogP contribution in [0.2, 0.25) is 0 Å². The van der Waals surface area contributed by atoms with Crippen LogP contribution in [0.1, 0.15) is 49.7 Å². The van der Waals surface area contributed by atoms with Crippen LogP contribution in [0, 0.1) is 0 Å². The van der Waals surface area contributed by atoms with E-state index in [4.69, 9.17) is 0 Å². The molecule has 0 nitrogen and oxygen atoms in total. The Morgan fingerprint density at radius 3 is 1.39 bits per heavy atom. The number of allylic oxidation sites excluding steroid dienone is 10. The SMILES string of the molecule is C1=CC2=C(C=CCC2)CC1.C1=CC2=C(CC1)Cc1ccccc12.c1ccc(-c2ccccc2)cc1.c1ccccc1. The molecule has 204 valence electrons. The Kier molecular flexibility index (Phi) is 10.6. The van der Waals surface area contributed by atoms with E-state index in [1.807, 2.05) is 48.5 Å². The van der Waals surface area contributed by atoms with Crippen LogP contribution in [0.4, 0.5) is 0 Å². The molecule has 0 atom stereocenters. The van der Waals surface area contributed by atoms with Crippen LogP contribution in [0.25, 0.3) is 16.7 Å². The number of hydrogen-bond donors (Lipinski definition) is 0. The highest BCUT2D eigenvalue weighted by atomic mass is 14.2. The first-order valence-electron chi connectivity index (χ1n) is 15.0. The van der Waals surface area contributed by atoms with Gasteiger partial charge in [0.25, 0.3) is 0 Å². The monoisotopic (exact) mass is 532 g/mol. The minimum Gasteiger partial charge on any atom is -0.0839 e. The van der Waals surface area contributed by atoms with Crippen LogP contribution >= 0.6 is 0 Å². The van der Waals surface area contributed by atoms with Crippen molar-refractivity contribution in [1.82, 2.24) is 0 Å². The lowest BCUT2D eigenvalue weighted by Crippen LogP contribution is -1.95. The van der Waals surface area contributed by atoms with E-state index in [1.165, 1.54) is 72.8 Å².